The molecule has 1 saturated heterocycles. The summed E-state index contributed by atoms with van der Waals surface area (Å²) in [4.78, 5) is 16.1. The minimum absolute atomic E-state index is 0.00671. The molecule has 1 heterocycles. The molecule has 6 nitrogen and oxygen atoms in total. The summed E-state index contributed by atoms with van der Waals surface area (Å²) in [5.41, 5.74) is 0. The van der Waals surface area contributed by atoms with Gasteiger partial charge >= 0.3 is 0 Å². The van der Waals surface area contributed by atoms with E-state index >= 15 is 0 Å². The second-order valence-corrected chi connectivity index (χ2v) is 7.96. The molecule has 1 aliphatic heterocycles. The van der Waals surface area contributed by atoms with Crippen molar-refractivity contribution in [1.82, 2.24) is 9.80 Å². The first-order valence-electron chi connectivity index (χ1n) is 7.57. The molecule has 0 aromatic carbocycles. The average Bonchev–Trinajstić information content (AvgIpc) is 2.77. The SMILES string of the molecule is CCCCN(C)CC(=O)N(CCOC)C1CCS(=O)(=O)C1. The number of unbranched alkanes of at least 4 members (excludes halogenated alkanes) is 1. The third kappa shape index (κ3) is 6.32. The summed E-state index contributed by atoms with van der Waals surface area (Å²) in [6.45, 7) is 4.21. The summed E-state index contributed by atoms with van der Waals surface area (Å²) in [7, 11) is 0.519. The fourth-order valence-electron chi connectivity index (χ4n) is 2.55. The second kappa shape index (κ2) is 8.70. The van der Waals surface area contributed by atoms with Crippen LogP contribution in [0.2, 0.25) is 0 Å². The first-order valence-corrected chi connectivity index (χ1v) is 9.39. The van der Waals surface area contributed by atoms with Gasteiger partial charge in [0.2, 0.25) is 5.91 Å². The highest BCUT2D eigenvalue weighted by Gasteiger charge is 2.34. The molecule has 0 spiro atoms. The van der Waals surface area contributed by atoms with E-state index in [2.05, 4.69) is 6.92 Å². The van der Waals surface area contributed by atoms with Crippen LogP contribution in [0.1, 0.15) is 26.2 Å². The lowest BCUT2D eigenvalue weighted by molar-refractivity contribution is -0.134. The van der Waals surface area contributed by atoms with Gasteiger partial charge in [-0.1, -0.05) is 13.3 Å². The fourth-order valence-corrected chi connectivity index (χ4v) is 4.28. The molecule has 1 rings (SSSR count). The first kappa shape index (κ1) is 18.4. The summed E-state index contributed by atoms with van der Waals surface area (Å²) >= 11 is 0. The number of methoxy groups -OCH3 is 1. The van der Waals surface area contributed by atoms with Crippen LogP contribution in [0.4, 0.5) is 0 Å². The van der Waals surface area contributed by atoms with E-state index in [1.165, 1.54) is 0 Å². The van der Waals surface area contributed by atoms with Gasteiger partial charge in [-0.15, -0.1) is 0 Å². The maximum absolute atomic E-state index is 12.5. The van der Waals surface area contributed by atoms with Crippen LogP contribution in [0.5, 0.6) is 0 Å². The van der Waals surface area contributed by atoms with Gasteiger partial charge < -0.3 is 9.64 Å². The summed E-state index contributed by atoms with van der Waals surface area (Å²) in [5, 5.41) is 0. The molecule has 21 heavy (non-hydrogen) atoms. The number of hydrogen-bond acceptors (Lipinski definition) is 5. The van der Waals surface area contributed by atoms with Crippen molar-refractivity contribution in [1.29, 1.82) is 0 Å². The van der Waals surface area contributed by atoms with Crippen LogP contribution in [-0.2, 0) is 19.4 Å². The Hall–Kier alpha value is -0.660. The number of nitrogens with zero attached hydrogens (tertiary/aromatic N) is 2. The molecule has 0 N–H and O–H groups in total. The van der Waals surface area contributed by atoms with E-state index in [1.807, 2.05) is 11.9 Å². The van der Waals surface area contributed by atoms with Gasteiger partial charge in [0, 0.05) is 19.7 Å². The van der Waals surface area contributed by atoms with Crippen molar-refractivity contribution in [2.45, 2.75) is 32.2 Å². The zero-order chi connectivity index (χ0) is 15.9. The lowest BCUT2D eigenvalue weighted by Gasteiger charge is -2.30. The third-order valence-corrected chi connectivity index (χ3v) is 5.55. The second-order valence-electron chi connectivity index (χ2n) is 5.73. The highest BCUT2D eigenvalue weighted by Crippen LogP contribution is 2.18. The first-order chi connectivity index (χ1) is 9.89. The zero-order valence-electron chi connectivity index (χ0n) is 13.4. The molecule has 0 aromatic rings. The summed E-state index contributed by atoms with van der Waals surface area (Å²) < 4.78 is 28.3. The van der Waals surface area contributed by atoms with E-state index < -0.39 is 9.84 Å². The van der Waals surface area contributed by atoms with E-state index in [4.69, 9.17) is 4.74 Å². The molecule has 0 saturated carbocycles. The normalized spacial score (nSPS) is 20.9. The molecule has 0 aromatic heterocycles. The molecule has 7 heteroatoms. The predicted molar refractivity (Wildman–Crippen MR) is 83.1 cm³/mol. The molecule has 0 radical (unpaired) electrons. The van der Waals surface area contributed by atoms with Crippen molar-refractivity contribution in [3.8, 4) is 0 Å². The van der Waals surface area contributed by atoms with Gasteiger partial charge in [-0.05, 0) is 26.4 Å². The van der Waals surface area contributed by atoms with Gasteiger partial charge in [0.25, 0.3) is 0 Å². The molecule has 1 atom stereocenters. The van der Waals surface area contributed by atoms with Crippen molar-refractivity contribution >= 4 is 15.7 Å². The maximum Gasteiger partial charge on any atom is 0.237 e. The number of likely N-dealkylation sites (N-methyl/N-ethyl adjacent to an activating group) is 1. The fraction of sp³-hybridized carbons (Fsp3) is 0.929. The largest absolute Gasteiger partial charge is 0.383 e. The van der Waals surface area contributed by atoms with Gasteiger partial charge in [0.1, 0.15) is 0 Å². The Morgan fingerprint density at radius 3 is 2.57 bits per heavy atom. The zero-order valence-corrected chi connectivity index (χ0v) is 14.2. The maximum atomic E-state index is 12.5. The minimum Gasteiger partial charge on any atom is -0.383 e. The van der Waals surface area contributed by atoms with Crippen molar-refractivity contribution in [2.75, 3.05) is 51.9 Å². The minimum atomic E-state index is -2.99. The average molecular weight is 320 g/mol. The number of carbonyl (C=O) groups is 1. The molecule has 0 aliphatic carbocycles. The topological polar surface area (TPSA) is 66.9 Å². The Balaban J connectivity index is 2.62. The highest BCUT2D eigenvalue weighted by atomic mass is 32.2. The van der Waals surface area contributed by atoms with Crippen molar-refractivity contribution in [2.24, 2.45) is 0 Å². The molecular formula is C14H28N2O4S. The van der Waals surface area contributed by atoms with Crippen LogP contribution in [0.3, 0.4) is 0 Å². The Bertz CT molecular complexity index is 425. The van der Waals surface area contributed by atoms with Gasteiger partial charge in [0.05, 0.1) is 24.7 Å². The molecule has 1 amide bonds. The quantitative estimate of drug-likeness (QED) is 0.614. The van der Waals surface area contributed by atoms with Gasteiger partial charge in [-0.3, -0.25) is 9.69 Å². The Labute approximate surface area is 128 Å². The summed E-state index contributed by atoms with van der Waals surface area (Å²) in [6.07, 6.45) is 2.68. The van der Waals surface area contributed by atoms with Crippen molar-refractivity contribution in [3.05, 3.63) is 0 Å². The lowest BCUT2D eigenvalue weighted by Crippen LogP contribution is -2.47. The van der Waals surface area contributed by atoms with E-state index in [-0.39, 0.29) is 23.5 Å². The number of carbonyl (C=O) groups excluding carboxylic acids is 1. The van der Waals surface area contributed by atoms with E-state index in [0.29, 0.717) is 26.1 Å². The van der Waals surface area contributed by atoms with Gasteiger partial charge in [-0.25, -0.2) is 8.42 Å². The number of hydrogen-bond donors (Lipinski definition) is 0. The number of rotatable bonds is 9. The Morgan fingerprint density at radius 2 is 2.05 bits per heavy atom. The molecule has 124 valence electrons. The number of amides is 1. The van der Waals surface area contributed by atoms with Crippen LogP contribution in [0, 0.1) is 0 Å². The van der Waals surface area contributed by atoms with E-state index in [0.717, 1.165) is 19.4 Å². The van der Waals surface area contributed by atoms with Crippen molar-refractivity contribution < 1.29 is 17.9 Å². The predicted octanol–water partition coefficient (Wildman–Crippen LogP) is 0.380. The Morgan fingerprint density at radius 1 is 1.33 bits per heavy atom. The summed E-state index contributed by atoms with van der Waals surface area (Å²) in [5.74, 6) is 0.258. The van der Waals surface area contributed by atoms with Crippen LogP contribution < -0.4 is 0 Å². The monoisotopic (exact) mass is 320 g/mol. The molecular weight excluding hydrogens is 292 g/mol. The Kier molecular flexibility index (Phi) is 7.62. The van der Waals surface area contributed by atoms with E-state index in [9.17, 15) is 13.2 Å². The van der Waals surface area contributed by atoms with Crippen molar-refractivity contribution in [3.63, 3.8) is 0 Å². The molecule has 1 fully saturated rings. The van der Waals surface area contributed by atoms with E-state index in [1.54, 1.807) is 12.0 Å². The third-order valence-electron chi connectivity index (χ3n) is 3.80. The molecule has 0 bridgehead atoms. The standard InChI is InChI=1S/C14H28N2O4S/c1-4-5-7-15(2)11-14(17)16(8-9-20-3)13-6-10-21(18,19)12-13/h13H,4-12H2,1-3H3. The highest BCUT2D eigenvalue weighted by molar-refractivity contribution is 7.91. The number of ether oxygens (including phenoxy) is 1. The van der Waals surface area contributed by atoms with Gasteiger partial charge in [0.15, 0.2) is 9.84 Å². The smallest absolute Gasteiger partial charge is 0.237 e. The van der Waals surface area contributed by atoms with Crippen LogP contribution >= 0.6 is 0 Å². The molecule has 1 aliphatic rings. The van der Waals surface area contributed by atoms with Crippen LogP contribution in [-0.4, -0.2) is 82.1 Å². The molecule has 1 unspecified atom stereocenters. The lowest BCUT2D eigenvalue weighted by atomic mass is 10.2. The van der Waals surface area contributed by atoms with Crippen LogP contribution in [0.15, 0.2) is 0 Å². The van der Waals surface area contributed by atoms with Crippen LogP contribution in [0.25, 0.3) is 0 Å². The number of sulfone groups is 1. The van der Waals surface area contributed by atoms with Gasteiger partial charge in [-0.2, -0.15) is 0 Å². The summed E-state index contributed by atoms with van der Waals surface area (Å²) in [6, 6.07) is -0.197.